The fraction of sp³-hybridized carbons (Fsp3) is 0.545. The molecule has 1 N–H and O–H groups in total. The molecule has 5 rings (SSSR count). The summed E-state index contributed by atoms with van der Waals surface area (Å²) in [5.74, 6) is 2.53. The molecule has 10 heteroatoms. The van der Waals surface area contributed by atoms with E-state index in [2.05, 4.69) is 32.2 Å². The van der Waals surface area contributed by atoms with E-state index < -0.39 is 0 Å². The maximum atomic E-state index is 12.8. The second kappa shape index (κ2) is 8.42. The Bertz CT molecular complexity index is 1120. The molecule has 1 saturated heterocycles. The normalized spacial score (nSPS) is 22.8. The number of aromatic nitrogens is 6. The van der Waals surface area contributed by atoms with Gasteiger partial charge in [-0.25, -0.2) is 24.9 Å². The second-order valence-electron chi connectivity index (χ2n) is 8.53. The van der Waals surface area contributed by atoms with Crippen LogP contribution in [0.4, 0.5) is 5.82 Å². The first-order chi connectivity index (χ1) is 15.6. The molecular weight excluding hydrogens is 408 g/mol. The van der Waals surface area contributed by atoms with E-state index in [1.807, 2.05) is 16.4 Å². The Balaban J connectivity index is 1.35. The van der Waals surface area contributed by atoms with E-state index in [1.165, 1.54) is 0 Å². The maximum absolute atomic E-state index is 12.8. The van der Waals surface area contributed by atoms with E-state index in [4.69, 9.17) is 9.72 Å². The first-order valence-corrected chi connectivity index (χ1v) is 11.2. The summed E-state index contributed by atoms with van der Waals surface area (Å²) in [5.41, 5.74) is 2.33. The zero-order valence-corrected chi connectivity index (χ0v) is 18.7. The van der Waals surface area contributed by atoms with Crippen molar-refractivity contribution in [3.05, 3.63) is 24.5 Å². The summed E-state index contributed by atoms with van der Waals surface area (Å²) in [6.07, 6.45) is 7.90. The molecule has 3 aromatic rings. The summed E-state index contributed by atoms with van der Waals surface area (Å²) in [6.45, 7) is 6.06. The maximum Gasteiger partial charge on any atom is 0.225 e. The van der Waals surface area contributed by atoms with Crippen LogP contribution in [0.2, 0.25) is 0 Å². The van der Waals surface area contributed by atoms with Crippen molar-refractivity contribution in [2.75, 3.05) is 25.5 Å². The predicted molar refractivity (Wildman–Crippen MR) is 119 cm³/mol. The molecule has 0 radical (unpaired) electrons. The number of rotatable bonds is 6. The average Bonchev–Trinajstić information content (AvgIpc) is 3.38. The van der Waals surface area contributed by atoms with Crippen LogP contribution in [0.15, 0.2) is 18.7 Å². The molecule has 10 nitrogen and oxygen atoms in total. The van der Waals surface area contributed by atoms with Crippen LogP contribution in [-0.2, 0) is 16.1 Å². The van der Waals surface area contributed by atoms with Gasteiger partial charge in [-0.05, 0) is 33.1 Å². The minimum Gasteiger partial charge on any atom is -0.381 e. The molecule has 168 valence electrons. The summed E-state index contributed by atoms with van der Waals surface area (Å²) < 4.78 is 7.36. The number of anilines is 1. The number of amides is 1. The summed E-state index contributed by atoms with van der Waals surface area (Å²) in [6, 6.07) is 0.133. The van der Waals surface area contributed by atoms with Crippen LogP contribution in [0.3, 0.4) is 0 Å². The Morgan fingerprint density at radius 2 is 2.00 bits per heavy atom. The first kappa shape index (κ1) is 20.7. The molecule has 3 aromatic heterocycles. The second-order valence-corrected chi connectivity index (χ2v) is 8.53. The fourth-order valence-electron chi connectivity index (χ4n) is 4.56. The van der Waals surface area contributed by atoms with Crippen molar-refractivity contribution < 1.29 is 9.53 Å². The van der Waals surface area contributed by atoms with Gasteiger partial charge in [0, 0.05) is 51.1 Å². The standard InChI is InChI=1S/C22H28N8O2/c1-4-30-20(15-9-23-13(2)24-10-15)28-18-19(25-12-26-21(18)30)27-16-5-6-29(11-16)22(31)14-7-17(8-14)32-3/h9-10,12,14,16-17H,4-8,11H2,1-3H3,(H,25,26,27)/t14-,16-,17+/m0/s1. The minimum atomic E-state index is 0.101. The molecule has 32 heavy (non-hydrogen) atoms. The van der Waals surface area contributed by atoms with Gasteiger partial charge >= 0.3 is 0 Å². The van der Waals surface area contributed by atoms with Crippen molar-refractivity contribution in [1.82, 2.24) is 34.4 Å². The Hall–Kier alpha value is -3.14. The zero-order valence-electron chi connectivity index (χ0n) is 18.7. The number of hydrogen-bond donors (Lipinski definition) is 1. The highest BCUT2D eigenvalue weighted by molar-refractivity contribution is 5.86. The van der Waals surface area contributed by atoms with Crippen LogP contribution >= 0.6 is 0 Å². The quantitative estimate of drug-likeness (QED) is 0.625. The number of likely N-dealkylation sites (tertiary alicyclic amines) is 1. The third-order valence-corrected chi connectivity index (χ3v) is 6.51. The van der Waals surface area contributed by atoms with Gasteiger partial charge in [0.05, 0.1) is 11.7 Å². The number of hydrogen-bond acceptors (Lipinski definition) is 8. The number of ether oxygens (including phenoxy) is 1. The molecule has 1 aliphatic carbocycles. The van der Waals surface area contributed by atoms with Crippen LogP contribution < -0.4 is 5.32 Å². The van der Waals surface area contributed by atoms with Crippen LogP contribution in [0.25, 0.3) is 22.6 Å². The van der Waals surface area contributed by atoms with E-state index in [0.29, 0.717) is 18.9 Å². The average molecular weight is 437 g/mol. The number of methoxy groups -OCH3 is 1. The van der Waals surface area contributed by atoms with Crippen molar-refractivity contribution in [3.8, 4) is 11.4 Å². The highest BCUT2D eigenvalue weighted by atomic mass is 16.5. The third kappa shape index (κ3) is 3.68. The first-order valence-electron chi connectivity index (χ1n) is 11.2. The lowest BCUT2D eigenvalue weighted by Gasteiger charge is -2.35. The Kier molecular flexibility index (Phi) is 5.46. The SMILES string of the molecule is CCn1c(-c2cnc(C)nc2)nc2c(N[C@H]3CCN(C(=O)[C@H]4C[C@@H](OC)C4)C3)ncnc21. The van der Waals surface area contributed by atoms with Gasteiger partial charge in [0.2, 0.25) is 5.91 Å². The lowest BCUT2D eigenvalue weighted by Crippen LogP contribution is -2.44. The highest BCUT2D eigenvalue weighted by Gasteiger charge is 2.39. The molecule has 1 aliphatic heterocycles. The molecular formula is C22H28N8O2. The Labute approximate surface area is 186 Å². The van der Waals surface area contributed by atoms with Crippen molar-refractivity contribution in [2.24, 2.45) is 5.92 Å². The van der Waals surface area contributed by atoms with Crippen LogP contribution in [-0.4, -0.2) is 72.6 Å². The molecule has 2 fully saturated rings. The number of carbonyl (C=O) groups excluding carboxylic acids is 1. The molecule has 2 aliphatic rings. The molecule has 4 heterocycles. The van der Waals surface area contributed by atoms with Gasteiger partial charge < -0.3 is 19.5 Å². The van der Waals surface area contributed by atoms with Gasteiger partial charge in [-0.15, -0.1) is 0 Å². The third-order valence-electron chi connectivity index (χ3n) is 6.51. The molecule has 0 spiro atoms. The smallest absolute Gasteiger partial charge is 0.225 e. The molecule has 0 bridgehead atoms. The Morgan fingerprint density at radius 1 is 1.22 bits per heavy atom. The van der Waals surface area contributed by atoms with Gasteiger partial charge in [-0.3, -0.25) is 4.79 Å². The molecule has 1 amide bonds. The summed E-state index contributed by atoms with van der Waals surface area (Å²) in [7, 11) is 1.71. The summed E-state index contributed by atoms with van der Waals surface area (Å²) in [4.78, 5) is 37.1. The lowest BCUT2D eigenvalue weighted by molar-refractivity contribution is -0.142. The molecule has 0 aromatic carbocycles. The van der Waals surface area contributed by atoms with Gasteiger partial charge in [-0.1, -0.05) is 0 Å². The van der Waals surface area contributed by atoms with Crippen molar-refractivity contribution in [3.63, 3.8) is 0 Å². The van der Waals surface area contributed by atoms with Gasteiger partial charge in [0.25, 0.3) is 0 Å². The van der Waals surface area contributed by atoms with E-state index in [0.717, 1.165) is 54.2 Å². The predicted octanol–water partition coefficient (Wildman–Crippen LogP) is 2.05. The van der Waals surface area contributed by atoms with E-state index in [9.17, 15) is 4.79 Å². The summed E-state index contributed by atoms with van der Waals surface area (Å²) in [5, 5.41) is 3.51. The van der Waals surface area contributed by atoms with Crippen LogP contribution in [0.5, 0.6) is 0 Å². The number of fused-ring (bicyclic) bond motifs is 1. The lowest BCUT2D eigenvalue weighted by atomic mass is 9.81. The van der Waals surface area contributed by atoms with Gasteiger partial charge in [0.15, 0.2) is 17.0 Å². The van der Waals surface area contributed by atoms with Gasteiger partial charge in [-0.2, -0.15) is 0 Å². The van der Waals surface area contributed by atoms with Gasteiger partial charge in [0.1, 0.15) is 18.0 Å². The fourth-order valence-corrected chi connectivity index (χ4v) is 4.56. The van der Waals surface area contributed by atoms with Crippen molar-refractivity contribution in [1.29, 1.82) is 0 Å². The largest absolute Gasteiger partial charge is 0.381 e. The number of nitrogens with zero attached hydrogens (tertiary/aromatic N) is 7. The monoisotopic (exact) mass is 436 g/mol. The highest BCUT2D eigenvalue weighted by Crippen LogP contribution is 2.33. The molecule has 1 atom stereocenters. The van der Waals surface area contributed by atoms with Crippen molar-refractivity contribution >= 4 is 22.9 Å². The van der Waals surface area contributed by atoms with E-state index >= 15 is 0 Å². The van der Waals surface area contributed by atoms with E-state index in [1.54, 1.807) is 25.8 Å². The van der Waals surface area contributed by atoms with Crippen LogP contribution in [0.1, 0.15) is 32.0 Å². The minimum absolute atomic E-state index is 0.101. The van der Waals surface area contributed by atoms with Crippen molar-refractivity contribution in [2.45, 2.75) is 51.8 Å². The summed E-state index contributed by atoms with van der Waals surface area (Å²) >= 11 is 0. The topological polar surface area (TPSA) is 111 Å². The van der Waals surface area contributed by atoms with E-state index in [-0.39, 0.29) is 24.0 Å². The number of nitrogens with one attached hydrogen (secondary N) is 1. The number of carbonyl (C=O) groups is 1. The number of aryl methyl sites for hydroxylation is 2. The zero-order chi connectivity index (χ0) is 22.2. The number of imidazole rings is 1. The van der Waals surface area contributed by atoms with Crippen LogP contribution in [0, 0.1) is 12.8 Å². The molecule has 0 unspecified atom stereocenters. The molecule has 1 saturated carbocycles. The Morgan fingerprint density at radius 3 is 2.72 bits per heavy atom.